The lowest BCUT2D eigenvalue weighted by Crippen LogP contribution is -2.32. The molecule has 1 fully saturated rings. The number of anilines is 1. The average Bonchev–Trinajstić information content (AvgIpc) is 2.65. The van der Waals surface area contributed by atoms with Crippen molar-refractivity contribution in [1.29, 1.82) is 0 Å². The molecular formula is C14H24N4O. The molecule has 0 radical (unpaired) electrons. The number of β-amino-alcohol motifs (C(OH)–C–C–N with tert-alkyl or cyclic N) is 1. The van der Waals surface area contributed by atoms with Crippen LogP contribution in [0.2, 0.25) is 0 Å². The Morgan fingerprint density at radius 2 is 2.21 bits per heavy atom. The van der Waals surface area contributed by atoms with Crippen molar-refractivity contribution in [3.63, 3.8) is 0 Å². The summed E-state index contributed by atoms with van der Waals surface area (Å²) in [5.41, 5.74) is 7.05. The number of pyridine rings is 1. The van der Waals surface area contributed by atoms with Crippen LogP contribution in [0.4, 0.5) is 5.82 Å². The molecule has 1 aliphatic rings. The van der Waals surface area contributed by atoms with Gasteiger partial charge in [0.2, 0.25) is 0 Å². The van der Waals surface area contributed by atoms with Gasteiger partial charge in [-0.15, -0.1) is 0 Å². The fraction of sp³-hybridized carbons (Fsp3) is 0.643. The molecule has 5 heteroatoms. The molecule has 1 aliphatic heterocycles. The normalized spacial score (nSPS) is 19.2. The molecule has 1 atom stereocenters. The number of rotatable bonds is 4. The highest BCUT2D eigenvalue weighted by Gasteiger charge is 2.16. The molecular weight excluding hydrogens is 240 g/mol. The molecule has 5 nitrogen and oxygen atoms in total. The first-order valence-electron chi connectivity index (χ1n) is 7.00. The monoisotopic (exact) mass is 264 g/mol. The minimum absolute atomic E-state index is 0.0413. The van der Waals surface area contributed by atoms with Gasteiger partial charge in [0.15, 0.2) is 0 Å². The van der Waals surface area contributed by atoms with Gasteiger partial charge in [-0.1, -0.05) is 0 Å². The largest absolute Gasteiger partial charge is 0.395 e. The number of nitrogens with zero attached hydrogens (tertiary/aromatic N) is 3. The first kappa shape index (κ1) is 14.2. The van der Waals surface area contributed by atoms with Crippen molar-refractivity contribution >= 4 is 5.82 Å². The molecule has 0 aliphatic carbocycles. The van der Waals surface area contributed by atoms with E-state index < -0.39 is 0 Å². The number of aromatic nitrogens is 1. The van der Waals surface area contributed by atoms with Crippen LogP contribution in [-0.2, 0) is 0 Å². The average molecular weight is 264 g/mol. The molecule has 19 heavy (non-hydrogen) atoms. The molecule has 1 aromatic rings. The van der Waals surface area contributed by atoms with Crippen molar-refractivity contribution < 1.29 is 5.11 Å². The van der Waals surface area contributed by atoms with Gasteiger partial charge >= 0.3 is 0 Å². The van der Waals surface area contributed by atoms with Crippen LogP contribution in [0.15, 0.2) is 18.3 Å². The first-order chi connectivity index (χ1) is 9.20. The number of hydrogen-bond acceptors (Lipinski definition) is 5. The van der Waals surface area contributed by atoms with Crippen LogP contribution >= 0.6 is 0 Å². The van der Waals surface area contributed by atoms with E-state index in [9.17, 15) is 0 Å². The summed E-state index contributed by atoms with van der Waals surface area (Å²) in [6.45, 7) is 6.98. The lowest BCUT2D eigenvalue weighted by atomic mass is 10.1. The van der Waals surface area contributed by atoms with Crippen molar-refractivity contribution in [2.75, 3.05) is 44.2 Å². The lowest BCUT2D eigenvalue weighted by molar-refractivity contribution is 0.204. The van der Waals surface area contributed by atoms with Crippen LogP contribution < -0.4 is 10.6 Å². The summed E-state index contributed by atoms with van der Waals surface area (Å²) in [5, 5.41) is 9.01. The maximum atomic E-state index is 9.01. The topological polar surface area (TPSA) is 65.6 Å². The quantitative estimate of drug-likeness (QED) is 0.834. The summed E-state index contributed by atoms with van der Waals surface area (Å²) in [6.07, 6.45) is 2.94. The summed E-state index contributed by atoms with van der Waals surface area (Å²) >= 11 is 0. The Labute approximate surface area is 115 Å². The van der Waals surface area contributed by atoms with E-state index in [4.69, 9.17) is 10.8 Å². The van der Waals surface area contributed by atoms with Gasteiger partial charge in [0.1, 0.15) is 5.82 Å². The molecule has 3 N–H and O–H groups in total. The van der Waals surface area contributed by atoms with E-state index in [1.54, 1.807) is 0 Å². The Kier molecular flexibility index (Phi) is 5.13. The predicted molar refractivity (Wildman–Crippen MR) is 77.2 cm³/mol. The standard InChI is InChI=1S/C14H24N4O/c1-12(15)13-3-4-16-14(11-13)18-6-2-5-17(7-8-18)9-10-19/h3-4,11-12,19H,2,5-10,15H2,1H3/t12-/m0/s1. The second-order valence-corrected chi connectivity index (χ2v) is 5.14. The van der Waals surface area contributed by atoms with Crippen LogP contribution in [0.25, 0.3) is 0 Å². The maximum Gasteiger partial charge on any atom is 0.128 e. The second-order valence-electron chi connectivity index (χ2n) is 5.14. The van der Waals surface area contributed by atoms with Gasteiger partial charge in [0.05, 0.1) is 6.61 Å². The van der Waals surface area contributed by atoms with Gasteiger partial charge in [0, 0.05) is 38.4 Å². The van der Waals surface area contributed by atoms with E-state index in [1.165, 1.54) is 0 Å². The number of aliphatic hydroxyl groups excluding tert-OH is 1. The van der Waals surface area contributed by atoms with E-state index in [1.807, 2.05) is 19.2 Å². The molecule has 2 rings (SSSR count). The highest BCUT2D eigenvalue weighted by atomic mass is 16.3. The van der Waals surface area contributed by atoms with Gasteiger partial charge in [-0.25, -0.2) is 4.98 Å². The third-order valence-electron chi connectivity index (χ3n) is 3.62. The fourth-order valence-corrected chi connectivity index (χ4v) is 2.46. The molecule has 2 heterocycles. The van der Waals surface area contributed by atoms with Crippen LogP contribution in [0.1, 0.15) is 24.9 Å². The Bertz CT molecular complexity index is 397. The van der Waals surface area contributed by atoms with Gasteiger partial charge in [-0.3, -0.25) is 4.90 Å². The second kappa shape index (κ2) is 6.84. The van der Waals surface area contributed by atoms with Crippen molar-refractivity contribution in [1.82, 2.24) is 9.88 Å². The zero-order chi connectivity index (χ0) is 13.7. The Morgan fingerprint density at radius 3 is 2.95 bits per heavy atom. The zero-order valence-electron chi connectivity index (χ0n) is 11.6. The highest BCUT2D eigenvalue weighted by Crippen LogP contribution is 2.18. The lowest BCUT2D eigenvalue weighted by Gasteiger charge is -2.23. The summed E-state index contributed by atoms with van der Waals surface area (Å²) in [5.74, 6) is 1.01. The molecule has 0 aromatic carbocycles. The molecule has 1 aromatic heterocycles. The predicted octanol–water partition coefficient (Wildman–Crippen LogP) is 0.606. The van der Waals surface area contributed by atoms with Crippen molar-refractivity contribution in [2.24, 2.45) is 5.73 Å². The summed E-state index contributed by atoms with van der Waals surface area (Å²) in [6, 6.07) is 4.11. The van der Waals surface area contributed by atoms with Gasteiger partial charge in [0.25, 0.3) is 0 Å². The van der Waals surface area contributed by atoms with E-state index in [0.717, 1.165) is 50.5 Å². The molecule has 0 saturated carbocycles. The fourth-order valence-electron chi connectivity index (χ4n) is 2.46. The molecule has 0 unspecified atom stereocenters. The van der Waals surface area contributed by atoms with Crippen LogP contribution in [0, 0.1) is 0 Å². The summed E-state index contributed by atoms with van der Waals surface area (Å²) in [4.78, 5) is 9.07. The summed E-state index contributed by atoms with van der Waals surface area (Å²) < 4.78 is 0. The third kappa shape index (κ3) is 3.89. The molecule has 0 spiro atoms. The van der Waals surface area contributed by atoms with Crippen molar-refractivity contribution in [3.05, 3.63) is 23.9 Å². The first-order valence-corrected chi connectivity index (χ1v) is 7.00. The van der Waals surface area contributed by atoms with E-state index in [-0.39, 0.29) is 12.6 Å². The van der Waals surface area contributed by atoms with E-state index in [2.05, 4.69) is 20.9 Å². The SMILES string of the molecule is C[C@H](N)c1ccnc(N2CCCN(CCO)CC2)c1. The highest BCUT2D eigenvalue weighted by molar-refractivity contribution is 5.42. The van der Waals surface area contributed by atoms with E-state index in [0.29, 0.717) is 0 Å². The third-order valence-corrected chi connectivity index (χ3v) is 3.62. The zero-order valence-corrected chi connectivity index (χ0v) is 11.6. The van der Waals surface area contributed by atoms with E-state index >= 15 is 0 Å². The van der Waals surface area contributed by atoms with Crippen LogP contribution in [0.5, 0.6) is 0 Å². The van der Waals surface area contributed by atoms with Gasteiger partial charge in [-0.2, -0.15) is 0 Å². The number of nitrogens with two attached hydrogens (primary N) is 1. The van der Waals surface area contributed by atoms with Gasteiger partial charge < -0.3 is 15.7 Å². The maximum absolute atomic E-state index is 9.01. The Morgan fingerprint density at radius 1 is 1.37 bits per heavy atom. The van der Waals surface area contributed by atoms with Crippen LogP contribution in [-0.4, -0.2) is 54.3 Å². The Balaban J connectivity index is 2.03. The molecule has 1 saturated heterocycles. The minimum Gasteiger partial charge on any atom is -0.395 e. The van der Waals surface area contributed by atoms with Crippen molar-refractivity contribution in [2.45, 2.75) is 19.4 Å². The van der Waals surface area contributed by atoms with Crippen molar-refractivity contribution in [3.8, 4) is 0 Å². The molecule has 0 bridgehead atoms. The van der Waals surface area contributed by atoms with Gasteiger partial charge in [-0.05, 0) is 37.6 Å². The molecule has 0 amide bonds. The smallest absolute Gasteiger partial charge is 0.128 e. The Hall–Kier alpha value is -1.17. The molecule has 106 valence electrons. The number of hydrogen-bond donors (Lipinski definition) is 2. The number of aliphatic hydroxyl groups is 1. The minimum atomic E-state index is 0.0413. The summed E-state index contributed by atoms with van der Waals surface area (Å²) in [7, 11) is 0. The van der Waals surface area contributed by atoms with Crippen LogP contribution in [0.3, 0.4) is 0 Å².